The predicted molar refractivity (Wildman–Crippen MR) is 75.7 cm³/mol. The number of non-ortho nitro benzene ring substituents is 1. The Labute approximate surface area is 121 Å². The van der Waals surface area contributed by atoms with Crippen LogP contribution in [-0.2, 0) is 9.53 Å². The standard InChI is InChI=1S/C13H16N4O4/c1-21-13(18)12(7-2-3-8-15-16-14)10-5-4-6-11(9-10)17(19)20/h4-6,9,12H,2-3,7-8H2,1H3. The Morgan fingerprint density at radius 3 is 2.90 bits per heavy atom. The van der Waals surface area contributed by atoms with Gasteiger partial charge in [-0.2, -0.15) is 0 Å². The van der Waals surface area contributed by atoms with Crippen LogP contribution in [0.3, 0.4) is 0 Å². The van der Waals surface area contributed by atoms with Crippen molar-refractivity contribution in [3.8, 4) is 0 Å². The van der Waals surface area contributed by atoms with Gasteiger partial charge in [-0.15, -0.1) is 0 Å². The molecule has 1 aromatic carbocycles. The summed E-state index contributed by atoms with van der Waals surface area (Å²) in [4.78, 5) is 24.8. The van der Waals surface area contributed by atoms with Crippen molar-refractivity contribution >= 4 is 11.7 Å². The molecule has 0 aromatic heterocycles. The molecule has 0 saturated carbocycles. The minimum Gasteiger partial charge on any atom is -0.469 e. The Balaban J connectivity index is 2.82. The van der Waals surface area contributed by atoms with E-state index < -0.39 is 16.8 Å². The van der Waals surface area contributed by atoms with E-state index in [1.165, 1.54) is 19.2 Å². The summed E-state index contributed by atoms with van der Waals surface area (Å²) in [5, 5.41) is 14.2. The van der Waals surface area contributed by atoms with E-state index in [-0.39, 0.29) is 5.69 Å². The van der Waals surface area contributed by atoms with Crippen LogP contribution < -0.4 is 0 Å². The molecule has 0 radical (unpaired) electrons. The summed E-state index contributed by atoms with van der Waals surface area (Å²) in [6.07, 6.45) is 1.78. The predicted octanol–water partition coefficient (Wildman–Crippen LogP) is 3.33. The first-order valence-corrected chi connectivity index (χ1v) is 6.43. The van der Waals surface area contributed by atoms with E-state index >= 15 is 0 Å². The van der Waals surface area contributed by atoms with Crippen LogP contribution in [0.15, 0.2) is 29.4 Å². The SMILES string of the molecule is COC(=O)C(CCCCN=[N+]=[N-])c1cccc([N+](=O)[O-])c1. The van der Waals surface area contributed by atoms with Crippen molar-refractivity contribution in [3.63, 3.8) is 0 Å². The minimum atomic E-state index is -0.555. The molecule has 1 aromatic rings. The number of carbonyl (C=O) groups excluding carboxylic acids is 1. The summed E-state index contributed by atoms with van der Waals surface area (Å²) in [6.45, 7) is 0.360. The van der Waals surface area contributed by atoms with E-state index in [0.29, 0.717) is 31.4 Å². The van der Waals surface area contributed by atoms with E-state index in [1.807, 2.05) is 0 Å². The average molecular weight is 292 g/mol. The fourth-order valence-electron chi connectivity index (χ4n) is 1.99. The third kappa shape index (κ3) is 5.12. The largest absolute Gasteiger partial charge is 0.469 e. The number of methoxy groups -OCH3 is 1. The highest BCUT2D eigenvalue weighted by Crippen LogP contribution is 2.26. The molecule has 0 aliphatic heterocycles. The molecule has 0 amide bonds. The first-order valence-electron chi connectivity index (χ1n) is 6.43. The maximum absolute atomic E-state index is 11.8. The van der Waals surface area contributed by atoms with Crippen molar-refractivity contribution in [2.24, 2.45) is 5.11 Å². The minimum absolute atomic E-state index is 0.0597. The number of esters is 1. The van der Waals surface area contributed by atoms with Gasteiger partial charge in [0.05, 0.1) is 18.0 Å². The van der Waals surface area contributed by atoms with Gasteiger partial charge in [0, 0.05) is 23.6 Å². The van der Waals surface area contributed by atoms with Gasteiger partial charge in [0.2, 0.25) is 0 Å². The third-order valence-electron chi connectivity index (χ3n) is 3.03. The van der Waals surface area contributed by atoms with Crippen LogP contribution in [0.1, 0.15) is 30.7 Å². The molecule has 21 heavy (non-hydrogen) atoms. The van der Waals surface area contributed by atoms with Crippen molar-refractivity contribution in [1.29, 1.82) is 0 Å². The van der Waals surface area contributed by atoms with Crippen LogP contribution in [0.4, 0.5) is 5.69 Å². The van der Waals surface area contributed by atoms with E-state index in [9.17, 15) is 14.9 Å². The first kappa shape index (κ1) is 16.5. The zero-order chi connectivity index (χ0) is 15.7. The van der Waals surface area contributed by atoms with Crippen LogP contribution in [0.2, 0.25) is 0 Å². The number of nitro benzene ring substituents is 1. The lowest BCUT2D eigenvalue weighted by Gasteiger charge is -2.14. The Morgan fingerprint density at radius 2 is 2.29 bits per heavy atom. The number of nitro groups is 1. The van der Waals surface area contributed by atoms with Crippen molar-refractivity contribution in [1.82, 2.24) is 0 Å². The number of benzene rings is 1. The van der Waals surface area contributed by atoms with Gasteiger partial charge in [-0.25, -0.2) is 0 Å². The highest BCUT2D eigenvalue weighted by Gasteiger charge is 2.22. The average Bonchev–Trinajstić information content (AvgIpc) is 2.50. The molecule has 0 aliphatic carbocycles. The maximum atomic E-state index is 11.8. The first-order chi connectivity index (χ1) is 10.1. The lowest BCUT2D eigenvalue weighted by atomic mass is 9.93. The van der Waals surface area contributed by atoms with Gasteiger partial charge in [0.1, 0.15) is 0 Å². The molecular weight excluding hydrogens is 276 g/mol. The van der Waals surface area contributed by atoms with E-state index in [2.05, 4.69) is 10.0 Å². The van der Waals surface area contributed by atoms with E-state index in [4.69, 9.17) is 10.3 Å². The Morgan fingerprint density at radius 1 is 1.52 bits per heavy atom. The summed E-state index contributed by atoms with van der Waals surface area (Å²) >= 11 is 0. The second-order valence-electron chi connectivity index (χ2n) is 4.38. The number of carbonyl (C=O) groups is 1. The number of rotatable bonds is 8. The summed E-state index contributed by atoms with van der Waals surface area (Å²) in [5.41, 5.74) is 8.68. The smallest absolute Gasteiger partial charge is 0.313 e. The summed E-state index contributed by atoms with van der Waals surface area (Å²) in [6, 6.07) is 5.97. The molecule has 0 N–H and O–H groups in total. The number of hydrogen-bond acceptors (Lipinski definition) is 5. The molecule has 1 rings (SSSR count). The van der Waals surface area contributed by atoms with Gasteiger partial charge in [-0.05, 0) is 23.9 Å². The van der Waals surface area contributed by atoms with Crippen LogP contribution in [0.25, 0.3) is 10.4 Å². The summed E-state index contributed by atoms with van der Waals surface area (Å²) in [5.74, 6) is -0.986. The van der Waals surface area contributed by atoms with Crippen molar-refractivity contribution in [2.45, 2.75) is 25.2 Å². The zero-order valence-corrected chi connectivity index (χ0v) is 11.6. The lowest BCUT2D eigenvalue weighted by Crippen LogP contribution is -2.14. The molecule has 0 aliphatic rings. The third-order valence-corrected chi connectivity index (χ3v) is 3.03. The van der Waals surface area contributed by atoms with Crippen molar-refractivity contribution in [3.05, 3.63) is 50.4 Å². The van der Waals surface area contributed by atoms with Crippen LogP contribution >= 0.6 is 0 Å². The molecule has 112 valence electrons. The van der Waals surface area contributed by atoms with Gasteiger partial charge in [-0.1, -0.05) is 23.7 Å². The van der Waals surface area contributed by atoms with Crippen molar-refractivity contribution < 1.29 is 14.5 Å². The molecular formula is C13H16N4O4. The Kier molecular flexibility index (Phi) is 6.70. The maximum Gasteiger partial charge on any atom is 0.313 e. The fourth-order valence-corrected chi connectivity index (χ4v) is 1.99. The lowest BCUT2D eigenvalue weighted by molar-refractivity contribution is -0.384. The van der Waals surface area contributed by atoms with Gasteiger partial charge < -0.3 is 4.74 Å². The second-order valence-corrected chi connectivity index (χ2v) is 4.38. The number of unbranched alkanes of at least 4 members (excludes halogenated alkanes) is 1. The summed E-state index contributed by atoms with van der Waals surface area (Å²) in [7, 11) is 1.28. The molecule has 0 spiro atoms. The molecule has 8 nitrogen and oxygen atoms in total. The molecule has 1 atom stereocenters. The van der Waals surface area contributed by atoms with Crippen LogP contribution in [-0.4, -0.2) is 24.5 Å². The fraction of sp³-hybridized carbons (Fsp3) is 0.462. The monoisotopic (exact) mass is 292 g/mol. The molecule has 0 bridgehead atoms. The molecule has 0 heterocycles. The number of azide groups is 1. The van der Waals surface area contributed by atoms with E-state index in [0.717, 1.165) is 0 Å². The second kappa shape index (κ2) is 8.55. The zero-order valence-electron chi connectivity index (χ0n) is 11.6. The topological polar surface area (TPSA) is 118 Å². The molecule has 0 saturated heterocycles. The van der Waals surface area contributed by atoms with E-state index in [1.54, 1.807) is 12.1 Å². The number of ether oxygens (including phenoxy) is 1. The quantitative estimate of drug-likeness (QED) is 0.139. The Bertz CT molecular complexity index is 555. The van der Waals surface area contributed by atoms with Gasteiger partial charge >= 0.3 is 5.97 Å². The molecule has 1 unspecified atom stereocenters. The number of nitrogens with zero attached hydrogens (tertiary/aromatic N) is 4. The van der Waals surface area contributed by atoms with Crippen molar-refractivity contribution in [2.75, 3.05) is 13.7 Å². The number of hydrogen-bond donors (Lipinski definition) is 0. The highest BCUT2D eigenvalue weighted by atomic mass is 16.6. The summed E-state index contributed by atoms with van der Waals surface area (Å²) < 4.78 is 4.75. The Hall–Kier alpha value is -2.60. The van der Waals surface area contributed by atoms with Gasteiger partial charge in [-0.3, -0.25) is 14.9 Å². The highest BCUT2D eigenvalue weighted by molar-refractivity contribution is 5.78. The van der Waals surface area contributed by atoms with Gasteiger partial charge in [0.25, 0.3) is 5.69 Å². The van der Waals surface area contributed by atoms with Crippen LogP contribution in [0, 0.1) is 10.1 Å². The molecule has 8 heteroatoms. The van der Waals surface area contributed by atoms with Crippen LogP contribution in [0.5, 0.6) is 0 Å². The van der Waals surface area contributed by atoms with Gasteiger partial charge in [0.15, 0.2) is 0 Å². The normalized spacial score (nSPS) is 11.3. The molecule has 0 fully saturated rings.